The summed E-state index contributed by atoms with van der Waals surface area (Å²) >= 11 is 1.49. The van der Waals surface area contributed by atoms with Gasteiger partial charge in [0.15, 0.2) is 0 Å². The summed E-state index contributed by atoms with van der Waals surface area (Å²) in [7, 11) is 0. The van der Waals surface area contributed by atoms with Gasteiger partial charge in [0.1, 0.15) is 0 Å². The number of rotatable bonds is 5. The van der Waals surface area contributed by atoms with Crippen molar-refractivity contribution in [2.24, 2.45) is 0 Å². The number of para-hydroxylation sites is 1. The highest BCUT2D eigenvalue weighted by Crippen LogP contribution is 2.36. The zero-order valence-electron chi connectivity index (χ0n) is 17.6. The fourth-order valence-corrected chi connectivity index (χ4v) is 5.04. The van der Waals surface area contributed by atoms with Crippen molar-refractivity contribution in [3.63, 3.8) is 0 Å². The van der Waals surface area contributed by atoms with E-state index in [-0.39, 0.29) is 23.5 Å². The van der Waals surface area contributed by atoms with Crippen LogP contribution >= 0.6 is 11.8 Å². The third-order valence-corrected chi connectivity index (χ3v) is 7.12. The van der Waals surface area contributed by atoms with E-state index in [0.717, 1.165) is 43.3 Å². The first-order valence-corrected chi connectivity index (χ1v) is 11.5. The number of nitrogens with one attached hydrogen (secondary N) is 1. The lowest BCUT2D eigenvalue weighted by atomic mass is 10.0. The first kappa shape index (κ1) is 20.9. The average Bonchev–Trinajstić information content (AvgIpc) is 2.75. The Kier molecular flexibility index (Phi) is 6.44. The van der Waals surface area contributed by atoms with Gasteiger partial charge >= 0.3 is 0 Å². The molecule has 0 saturated carbocycles. The molecule has 0 aliphatic carbocycles. The molecule has 1 atom stereocenters. The number of fused-ring (bicyclic) bond motifs is 1. The lowest BCUT2D eigenvalue weighted by molar-refractivity contribution is -0.134. The number of carbonyl (C=O) groups is 2. The third-order valence-electron chi connectivity index (χ3n) is 5.84. The van der Waals surface area contributed by atoms with Gasteiger partial charge < -0.3 is 10.2 Å². The van der Waals surface area contributed by atoms with Gasteiger partial charge in [0.25, 0.3) is 0 Å². The lowest BCUT2D eigenvalue weighted by Gasteiger charge is -2.35. The molecule has 6 heteroatoms. The van der Waals surface area contributed by atoms with E-state index in [0.29, 0.717) is 5.92 Å². The van der Waals surface area contributed by atoms with Gasteiger partial charge in [-0.25, -0.2) is 0 Å². The Morgan fingerprint density at radius 1 is 1.07 bits per heavy atom. The molecular formula is C24H29N3O2S. The highest BCUT2D eigenvalue weighted by Gasteiger charge is 2.31. The molecule has 1 saturated heterocycles. The first-order valence-electron chi connectivity index (χ1n) is 10.6. The van der Waals surface area contributed by atoms with Gasteiger partial charge in [-0.3, -0.25) is 14.5 Å². The van der Waals surface area contributed by atoms with E-state index >= 15 is 0 Å². The number of piperazine rings is 1. The summed E-state index contributed by atoms with van der Waals surface area (Å²) in [6.07, 6.45) is 0.251. The molecule has 2 aliphatic rings. The molecule has 158 valence electrons. The van der Waals surface area contributed by atoms with Gasteiger partial charge in [0, 0.05) is 44.0 Å². The Labute approximate surface area is 182 Å². The number of benzene rings is 2. The molecule has 1 N–H and O–H groups in total. The zero-order chi connectivity index (χ0) is 21.1. The van der Waals surface area contributed by atoms with Crippen LogP contribution in [0.3, 0.4) is 0 Å². The van der Waals surface area contributed by atoms with Crippen molar-refractivity contribution < 1.29 is 9.59 Å². The van der Waals surface area contributed by atoms with Crippen LogP contribution in [0.15, 0.2) is 53.4 Å². The number of nitrogens with zero attached hydrogens (tertiary/aromatic N) is 2. The van der Waals surface area contributed by atoms with Crippen LogP contribution in [0.1, 0.15) is 37.3 Å². The molecule has 1 fully saturated rings. The van der Waals surface area contributed by atoms with E-state index in [1.165, 1.54) is 22.9 Å². The van der Waals surface area contributed by atoms with Gasteiger partial charge in [0.2, 0.25) is 11.8 Å². The second kappa shape index (κ2) is 9.23. The summed E-state index contributed by atoms with van der Waals surface area (Å²) in [5.74, 6) is 0.546. The molecule has 0 radical (unpaired) electrons. The predicted octanol–water partition coefficient (Wildman–Crippen LogP) is 3.96. The standard InChI is InChI=1S/C24H29N3O2S/c1-17(2)19-9-7-18(8-10-19)16-26-11-13-27(14-12-26)23(28)15-22-24(29)25-20-5-3-4-6-21(20)30-22/h3-10,17,22H,11-16H2,1-2H3,(H,25,29)/t22-/m0/s1. The summed E-state index contributed by atoms with van der Waals surface area (Å²) in [4.78, 5) is 30.5. The van der Waals surface area contributed by atoms with Crippen LogP contribution in [0, 0.1) is 0 Å². The summed E-state index contributed by atoms with van der Waals surface area (Å²) in [5, 5.41) is 2.57. The molecular weight excluding hydrogens is 394 g/mol. The minimum atomic E-state index is -0.357. The first-order chi connectivity index (χ1) is 14.5. The minimum absolute atomic E-state index is 0.0722. The second-order valence-corrected chi connectivity index (χ2v) is 9.59. The van der Waals surface area contributed by atoms with Gasteiger partial charge in [-0.1, -0.05) is 50.2 Å². The SMILES string of the molecule is CC(C)c1ccc(CN2CCN(C(=O)C[C@@H]3Sc4ccccc4NC3=O)CC2)cc1. The normalized spacial score (nSPS) is 19.5. The summed E-state index contributed by atoms with van der Waals surface area (Å²) in [5.41, 5.74) is 3.51. The van der Waals surface area contributed by atoms with Crippen LogP contribution < -0.4 is 5.32 Å². The van der Waals surface area contributed by atoms with Crippen molar-refractivity contribution in [3.05, 3.63) is 59.7 Å². The van der Waals surface area contributed by atoms with Crippen LogP contribution in [-0.4, -0.2) is 53.0 Å². The Balaban J connectivity index is 1.27. The monoisotopic (exact) mass is 423 g/mol. The predicted molar refractivity (Wildman–Crippen MR) is 122 cm³/mol. The Morgan fingerprint density at radius 3 is 2.47 bits per heavy atom. The van der Waals surface area contributed by atoms with Crippen LogP contribution in [0.2, 0.25) is 0 Å². The van der Waals surface area contributed by atoms with Crippen molar-refractivity contribution in [1.82, 2.24) is 9.80 Å². The molecule has 2 heterocycles. The molecule has 2 amide bonds. The van der Waals surface area contributed by atoms with E-state index in [4.69, 9.17) is 0 Å². The van der Waals surface area contributed by atoms with Gasteiger partial charge in [-0.15, -0.1) is 11.8 Å². The Hall–Kier alpha value is -2.31. The smallest absolute Gasteiger partial charge is 0.238 e. The number of hydrogen-bond acceptors (Lipinski definition) is 4. The van der Waals surface area contributed by atoms with Crippen molar-refractivity contribution in [3.8, 4) is 0 Å². The number of anilines is 1. The zero-order valence-corrected chi connectivity index (χ0v) is 18.5. The van der Waals surface area contributed by atoms with Crippen LogP contribution in [0.5, 0.6) is 0 Å². The van der Waals surface area contributed by atoms with E-state index in [1.807, 2.05) is 29.2 Å². The number of amides is 2. The minimum Gasteiger partial charge on any atom is -0.340 e. The Bertz CT molecular complexity index is 905. The third kappa shape index (κ3) is 4.87. The summed E-state index contributed by atoms with van der Waals surface area (Å²) in [6, 6.07) is 16.6. The largest absolute Gasteiger partial charge is 0.340 e. The number of thioether (sulfide) groups is 1. The van der Waals surface area contributed by atoms with Crippen molar-refractivity contribution in [2.45, 2.75) is 42.9 Å². The average molecular weight is 424 g/mol. The van der Waals surface area contributed by atoms with Crippen molar-refractivity contribution in [2.75, 3.05) is 31.5 Å². The summed E-state index contributed by atoms with van der Waals surface area (Å²) in [6.45, 7) is 8.50. The van der Waals surface area contributed by atoms with E-state index in [1.54, 1.807) is 0 Å². The molecule has 30 heavy (non-hydrogen) atoms. The highest BCUT2D eigenvalue weighted by atomic mass is 32.2. The molecule has 2 aromatic carbocycles. The van der Waals surface area contributed by atoms with Crippen LogP contribution in [-0.2, 0) is 16.1 Å². The fourth-order valence-electron chi connectivity index (χ4n) is 3.94. The van der Waals surface area contributed by atoms with Crippen molar-refractivity contribution in [1.29, 1.82) is 0 Å². The Morgan fingerprint density at radius 2 is 1.77 bits per heavy atom. The quantitative estimate of drug-likeness (QED) is 0.791. The van der Waals surface area contributed by atoms with Gasteiger partial charge in [-0.05, 0) is 29.2 Å². The van der Waals surface area contributed by atoms with Crippen molar-refractivity contribution >= 4 is 29.3 Å². The van der Waals surface area contributed by atoms with Gasteiger partial charge in [0.05, 0.1) is 10.9 Å². The maximum atomic E-state index is 12.8. The van der Waals surface area contributed by atoms with E-state index < -0.39 is 0 Å². The van der Waals surface area contributed by atoms with Crippen LogP contribution in [0.4, 0.5) is 5.69 Å². The molecule has 4 rings (SSSR count). The van der Waals surface area contributed by atoms with E-state index in [9.17, 15) is 9.59 Å². The maximum absolute atomic E-state index is 12.8. The topological polar surface area (TPSA) is 52.6 Å². The molecule has 0 spiro atoms. The second-order valence-electron chi connectivity index (χ2n) is 8.35. The number of carbonyl (C=O) groups excluding carboxylic acids is 2. The molecule has 0 bridgehead atoms. The number of hydrogen-bond donors (Lipinski definition) is 1. The fraction of sp³-hybridized carbons (Fsp3) is 0.417. The maximum Gasteiger partial charge on any atom is 0.238 e. The molecule has 2 aliphatic heterocycles. The molecule has 0 unspecified atom stereocenters. The molecule has 2 aromatic rings. The molecule has 5 nitrogen and oxygen atoms in total. The highest BCUT2D eigenvalue weighted by molar-refractivity contribution is 8.01. The van der Waals surface area contributed by atoms with Crippen LogP contribution in [0.25, 0.3) is 0 Å². The van der Waals surface area contributed by atoms with E-state index in [2.05, 4.69) is 48.3 Å². The summed E-state index contributed by atoms with van der Waals surface area (Å²) < 4.78 is 0. The van der Waals surface area contributed by atoms with Gasteiger partial charge in [-0.2, -0.15) is 0 Å². The molecule has 0 aromatic heterocycles. The lowest BCUT2D eigenvalue weighted by Crippen LogP contribution is -2.49.